The Labute approximate surface area is 129 Å². The van der Waals surface area contributed by atoms with Crippen molar-refractivity contribution >= 4 is 0 Å². The number of benzene rings is 2. The second-order valence-corrected chi connectivity index (χ2v) is 5.07. The molecule has 0 saturated carbocycles. The summed E-state index contributed by atoms with van der Waals surface area (Å²) in [6, 6.07) is 20.1. The van der Waals surface area contributed by atoms with E-state index in [0.29, 0.717) is 6.61 Å². The zero-order valence-corrected chi connectivity index (χ0v) is 12.4. The van der Waals surface area contributed by atoms with E-state index < -0.39 is 0 Å². The Balaban J connectivity index is 2.08. The summed E-state index contributed by atoms with van der Waals surface area (Å²) in [7, 11) is 1.64. The summed E-state index contributed by atoms with van der Waals surface area (Å²) in [5.41, 5.74) is 5.00. The van der Waals surface area contributed by atoms with Gasteiger partial charge >= 0.3 is 0 Å². The average molecular weight is 291 g/mol. The lowest BCUT2D eigenvalue weighted by Crippen LogP contribution is -1.96. The lowest BCUT2D eigenvalue weighted by Gasteiger charge is -2.10. The van der Waals surface area contributed by atoms with Crippen LogP contribution in [0.5, 0.6) is 5.75 Å². The zero-order chi connectivity index (χ0) is 15.4. The van der Waals surface area contributed by atoms with Gasteiger partial charge in [-0.05, 0) is 28.8 Å². The molecule has 0 fully saturated rings. The zero-order valence-electron chi connectivity index (χ0n) is 12.4. The van der Waals surface area contributed by atoms with Crippen molar-refractivity contribution < 1.29 is 9.84 Å². The molecule has 110 valence electrons. The van der Waals surface area contributed by atoms with E-state index in [1.807, 2.05) is 30.3 Å². The Bertz CT molecular complexity index is 769. The molecule has 0 radical (unpaired) electrons. The van der Waals surface area contributed by atoms with E-state index in [4.69, 9.17) is 4.74 Å². The van der Waals surface area contributed by atoms with Crippen LogP contribution in [0.3, 0.4) is 0 Å². The molecule has 22 heavy (non-hydrogen) atoms. The maximum Gasteiger partial charge on any atom is 0.134 e. The Morgan fingerprint density at radius 1 is 0.909 bits per heavy atom. The van der Waals surface area contributed by atoms with Crippen LogP contribution in [0, 0.1) is 0 Å². The Kier molecular flexibility index (Phi) is 4.17. The molecule has 0 aliphatic rings. The van der Waals surface area contributed by atoms with Gasteiger partial charge in [0.05, 0.1) is 18.5 Å². The van der Waals surface area contributed by atoms with Crippen LogP contribution in [-0.2, 0) is 11.3 Å². The van der Waals surface area contributed by atoms with Crippen LogP contribution in [0.15, 0.2) is 66.9 Å². The van der Waals surface area contributed by atoms with E-state index in [1.54, 1.807) is 13.2 Å². The molecular weight excluding hydrogens is 274 g/mol. The summed E-state index contributed by atoms with van der Waals surface area (Å²) in [6.07, 6.45) is 1.44. The summed E-state index contributed by atoms with van der Waals surface area (Å²) in [5, 5.41) is 9.75. The number of hydrogen-bond donors (Lipinski definition) is 1. The van der Waals surface area contributed by atoms with Gasteiger partial charge in [-0.1, -0.05) is 48.5 Å². The molecule has 0 saturated heterocycles. The first kappa shape index (κ1) is 14.3. The number of methoxy groups -OCH3 is 1. The predicted molar refractivity (Wildman–Crippen MR) is 87.5 cm³/mol. The van der Waals surface area contributed by atoms with Gasteiger partial charge in [0.2, 0.25) is 0 Å². The van der Waals surface area contributed by atoms with Crippen molar-refractivity contribution in [2.45, 2.75) is 6.61 Å². The highest BCUT2D eigenvalue weighted by atomic mass is 16.5. The van der Waals surface area contributed by atoms with Crippen molar-refractivity contribution in [1.82, 2.24) is 4.98 Å². The summed E-state index contributed by atoms with van der Waals surface area (Å²) >= 11 is 0. The van der Waals surface area contributed by atoms with Crippen LogP contribution < -0.4 is 0 Å². The minimum Gasteiger partial charge on any atom is -0.506 e. The predicted octanol–water partition coefficient (Wildman–Crippen LogP) is 4.27. The standard InChI is InChI=1S/C19H17NO2/c1-22-13-19-18(11-17(21)12-20-19)16-9-5-8-15(10-16)14-6-3-2-4-7-14/h2-12,21H,13H2,1H3. The van der Waals surface area contributed by atoms with Crippen molar-refractivity contribution in [3.8, 4) is 28.0 Å². The summed E-state index contributed by atoms with van der Waals surface area (Å²) in [4.78, 5) is 4.27. The van der Waals surface area contributed by atoms with E-state index >= 15 is 0 Å². The second kappa shape index (κ2) is 6.41. The number of hydrogen-bond acceptors (Lipinski definition) is 3. The monoisotopic (exact) mass is 291 g/mol. The quantitative estimate of drug-likeness (QED) is 0.780. The van der Waals surface area contributed by atoms with Crippen molar-refractivity contribution in [2.75, 3.05) is 7.11 Å². The largest absolute Gasteiger partial charge is 0.506 e. The first-order valence-electron chi connectivity index (χ1n) is 7.10. The Hall–Kier alpha value is -2.65. The lowest BCUT2D eigenvalue weighted by molar-refractivity contribution is 0.182. The third-order valence-electron chi connectivity index (χ3n) is 3.52. The van der Waals surface area contributed by atoms with Crippen molar-refractivity contribution in [2.24, 2.45) is 0 Å². The highest BCUT2D eigenvalue weighted by Gasteiger charge is 2.09. The highest BCUT2D eigenvalue weighted by Crippen LogP contribution is 2.30. The maximum atomic E-state index is 9.75. The van der Waals surface area contributed by atoms with E-state index in [2.05, 4.69) is 29.2 Å². The minimum absolute atomic E-state index is 0.153. The maximum absolute atomic E-state index is 9.75. The molecule has 0 bridgehead atoms. The number of aromatic hydroxyl groups is 1. The third-order valence-corrected chi connectivity index (χ3v) is 3.52. The summed E-state index contributed by atoms with van der Waals surface area (Å²) in [6.45, 7) is 0.408. The van der Waals surface area contributed by atoms with Crippen LogP contribution in [0.25, 0.3) is 22.3 Å². The summed E-state index contributed by atoms with van der Waals surface area (Å²) < 4.78 is 5.20. The van der Waals surface area contributed by atoms with Gasteiger partial charge in [0.1, 0.15) is 5.75 Å². The number of ether oxygens (including phenoxy) is 1. The average Bonchev–Trinajstić information content (AvgIpc) is 2.58. The van der Waals surface area contributed by atoms with E-state index in [1.165, 1.54) is 6.20 Å². The minimum atomic E-state index is 0.153. The fourth-order valence-electron chi connectivity index (χ4n) is 2.48. The molecule has 0 aliphatic heterocycles. The molecule has 0 unspecified atom stereocenters. The smallest absolute Gasteiger partial charge is 0.134 e. The van der Waals surface area contributed by atoms with Gasteiger partial charge in [0.25, 0.3) is 0 Å². The van der Waals surface area contributed by atoms with Gasteiger partial charge in [0.15, 0.2) is 0 Å². The van der Waals surface area contributed by atoms with Gasteiger partial charge in [-0.2, -0.15) is 0 Å². The number of aromatic nitrogens is 1. The van der Waals surface area contributed by atoms with Crippen LogP contribution in [0.1, 0.15) is 5.69 Å². The molecule has 1 aromatic heterocycles. The molecular formula is C19H17NO2. The van der Waals surface area contributed by atoms with Gasteiger partial charge in [0, 0.05) is 12.7 Å². The van der Waals surface area contributed by atoms with Gasteiger partial charge in [-0.15, -0.1) is 0 Å². The molecule has 3 nitrogen and oxygen atoms in total. The molecule has 0 aliphatic carbocycles. The molecule has 1 N–H and O–H groups in total. The van der Waals surface area contributed by atoms with E-state index in [0.717, 1.165) is 27.9 Å². The van der Waals surface area contributed by atoms with Crippen molar-refractivity contribution in [1.29, 1.82) is 0 Å². The molecule has 3 rings (SSSR count). The Morgan fingerprint density at radius 3 is 2.41 bits per heavy atom. The van der Waals surface area contributed by atoms with Crippen LogP contribution in [0.4, 0.5) is 0 Å². The van der Waals surface area contributed by atoms with Crippen molar-refractivity contribution in [3.63, 3.8) is 0 Å². The first-order chi connectivity index (χ1) is 10.8. The molecule has 3 heteroatoms. The van der Waals surface area contributed by atoms with Crippen LogP contribution >= 0.6 is 0 Å². The SMILES string of the molecule is COCc1ncc(O)cc1-c1cccc(-c2ccccc2)c1. The lowest BCUT2D eigenvalue weighted by atomic mass is 9.98. The van der Waals surface area contributed by atoms with Crippen LogP contribution in [-0.4, -0.2) is 17.2 Å². The number of rotatable bonds is 4. The summed E-state index contributed by atoms with van der Waals surface area (Å²) in [5.74, 6) is 0.153. The highest BCUT2D eigenvalue weighted by molar-refractivity contribution is 5.74. The molecule has 0 amide bonds. The molecule has 1 heterocycles. The molecule has 3 aromatic rings. The van der Waals surface area contributed by atoms with E-state index in [9.17, 15) is 5.11 Å². The molecule has 0 spiro atoms. The van der Waals surface area contributed by atoms with Crippen LogP contribution in [0.2, 0.25) is 0 Å². The Morgan fingerprint density at radius 2 is 1.64 bits per heavy atom. The molecule has 2 aromatic carbocycles. The van der Waals surface area contributed by atoms with Crippen molar-refractivity contribution in [3.05, 3.63) is 72.6 Å². The molecule has 0 atom stereocenters. The third kappa shape index (κ3) is 3.00. The number of pyridine rings is 1. The van der Waals surface area contributed by atoms with Gasteiger partial charge in [-0.3, -0.25) is 4.98 Å². The first-order valence-corrected chi connectivity index (χ1v) is 7.10. The number of nitrogens with zero attached hydrogens (tertiary/aromatic N) is 1. The normalized spacial score (nSPS) is 10.6. The topological polar surface area (TPSA) is 42.4 Å². The van der Waals surface area contributed by atoms with E-state index in [-0.39, 0.29) is 5.75 Å². The van der Waals surface area contributed by atoms with Gasteiger partial charge in [-0.25, -0.2) is 0 Å². The fourth-order valence-corrected chi connectivity index (χ4v) is 2.48. The second-order valence-electron chi connectivity index (χ2n) is 5.07. The fraction of sp³-hybridized carbons (Fsp3) is 0.105. The van der Waals surface area contributed by atoms with Gasteiger partial charge < -0.3 is 9.84 Å².